The van der Waals surface area contributed by atoms with E-state index in [9.17, 15) is 0 Å². The molecule has 0 fully saturated rings. The number of para-hydroxylation sites is 2. The Morgan fingerprint density at radius 1 is 0.565 bits per heavy atom. The first kappa shape index (κ1) is 41.4. The van der Waals surface area contributed by atoms with Crippen molar-refractivity contribution in [2.45, 2.75) is 53.0 Å². The van der Waals surface area contributed by atoms with E-state index in [-0.39, 0.29) is 6.04 Å². The van der Waals surface area contributed by atoms with Crippen LogP contribution in [0.3, 0.4) is 0 Å². The molecule has 0 aromatic heterocycles. The highest BCUT2D eigenvalue weighted by molar-refractivity contribution is 5.77. The fourth-order valence-corrected chi connectivity index (χ4v) is 8.50. The third kappa shape index (κ3) is 9.36. The minimum atomic E-state index is 0.0666. The van der Waals surface area contributed by atoms with Crippen LogP contribution < -0.4 is 19.6 Å². The van der Waals surface area contributed by atoms with Crippen LogP contribution in [0, 0.1) is 13.8 Å². The van der Waals surface area contributed by atoms with Gasteiger partial charge in [-0.25, -0.2) is 0 Å². The molecule has 4 nitrogen and oxygen atoms in total. The second kappa shape index (κ2) is 19.4. The molecule has 6 aromatic rings. The molecule has 6 aromatic carbocycles. The third-order valence-corrected chi connectivity index (χ3v) is 11.5. The Kier molecular flexibility index (Phi) is 13.0. The topological polar surface area (TPSA) is 13.0 Å². The van der Waals surface area contributed by atoms with Gasteiger partial charge in [0.05, 0.1) is 6.04 Å². The molecule has 2 aliphatic rings. The van der Waals surface area contributed by atoms with Gasteiger partial charge in [0.15, 0.2) is 0 Å². The van der Waals surface area contributed by atoms with Crippen molar-refractivity contribution in [1.29, 1.82) is 0 Å². The number of benzene rings is 6. The fourth-order valence-electron chi connectivity index (χ4n) is 8.50. The van der Waals surface area contributed by atoms with Gasteiger partial charge in [-0.2, -0.15) is 0 Å². The Labute approximate surface area is 369 Å². The van der Waals surface area contributed by atoms with Gasteiger partial charge in [0.1, 0.15) is 0 Å². The van der Waals surface area contributed by atoms with Crippen LogP contribution in [0.25, 0.3) is 0 Å². The summed E-state index contributed by atoms with van der Waals surface area (Å²) in [6, 6.07) is 57.0. The van der Waals surface area contributed by atoms with E-state index in [1.165, 1.54) is 22.4 Å². The maximum absolute atomic E-state index is 3.94. The van der Waals surface area contributed by atoms with Crippen molar-refractivity contribution in [3.63, 3.8) is 0 Å². The van der Waals surface area contributed by atoms with E-state index in [1.54, 1.807) is 0 Å². The zero-order valence-electron chi connectivity index (χ0n) is 36.4. The molecular formula is C58H56N4. The van der Waals surface area contributed by atoms with E-state index in [0.29, 0.717) is 0 Å². The number of rotatable bonds is 14. The molecule has 62 heavy (non-hydrogen) atoms. The third-order valence-electron chi connectivity index (χ3n) is 11.5. The highest BCUT2D eigenvalue weighted by Crippen LogP contribution is 2.40. The molecule has 1 atom stereocenters. The van der Waals surface area contributed by atoms with Gasteiger partial charge < -0.3 is 19.6 Å². The van der Waals surface area contributed by atoms with Gasteiger partial charge in [-0.05, 0) is 173 Å². The van der Waals surface area contributed by atoms with Crippen molar-refractivity contribution in [3.05, 3.63) is 253 Å². The van der Waals surface area contributed by atoms with E-state index in [0.717, 1.165) is 76.2 Å². The standard InChI is InChI=1S/C58H56N4/c1-6-8-21-47(7-2)59(56-26-15-18-44(3)41-56)50-29-31-51(32-30-50)60(52-33-37-54(38-34-52)61(48-22-11-9-12-23-48)57-27-16-19-45(4)42-57)53-35-39-55(40-36-53)62(49-24-13-10-14-25-49)58-28-17-20-46(5)43-58/h6-16,18-19,21-33,35-43,52H,1,17,20,34H2,2-5H3/b21-8-,47-7+. The van der Waals surface area contributed by atoms with E-state index < -0.39 is 0 Å². The second-order valence-corrected chi connectivity index (χ2v) is 16.0. The first-order valence-electron chi connectivity index (χ1n) is 21.7. The van der Waals surface area contributed by atoms with Crippen LogP contribution >= 0.6 is 0 Å². The number of nitrogens with zero attached hydrogens (tertiary/aromatic N) is 4. The summed E-state index contributed by atoms with van der Waals surface area (Å²) in [5.41, 5.74) is 16.3. The maximum atomic E-state index is 3.94. The summed E-state index contributed by atoms with van der Waals surface area (Å²) in [7, 11) is 0. The molecule has 308 valence electrons. The monoisotopic (exact) mass is 808 g/mol. The van der Waals surface area contributed by atoms with E-state index in [4.69, 9.17) is 0 Å². The summed E-state index contributed by atoms with van der Waals surface area (Å²) >= 11 is 0. The summed E-state index contributed by atoms with van der Waals surface area (Å²) in [6.45, 7) is 12.6. The van der Waals surface area contributed by atoms with Gasteiger partial charge in [0, 0.05) is 62.6 Å². The van der Waals surface area contributed by atoms with Crippen LogP contribution in [0.5, 0.6) is 0 Å². The Morgan fingerprint density at radius 2 is 1.10 bits per heavy atom. The van der Waals surface area contributed by atoms with Gasteiger partial charge in [0.2, 0.25) is 0 Å². The number of aryl methyl sites for hydroxylation is 2. The maximum Gasteiger partial charge on any atom is 0.0561 e. The molecule has 0 heterocycles. The quantitative estimate of drug-likeness (QED) is 0.102. The molecule has 0 spiro atoms. The fraction of sp³-hybridized carbons (Fsp3) is 0.138. The average molecular weight is 809 g/mol. The molecule has 0 aliphatic heterocycles. The molecule has 0 radical (unpaired) electrons. The number of allylic oxidation sites excluding steroid dienone is 8. The van der Waals surface area contributed by atoms with Crippen molar-refractivity contribution in [2.24, 2.45) is 0 Å². The molecule has 2 aliphatic carbocycles. The molecule has 0 bridgehead atoms. The molecule has 4 heteroatoms. The van der Waals surface area contributed by atoms with Crippen molar-refractivity contribution in [1.82, 2.24) is 0 Å². The Bertz CT molecular complexity index is 2660. The Balaban J connectivity index is 1.19. The number of hydrogen-bond acceptors (Lipinski definition) is 4. The molecule has 0 saturated heterocycles. The van der Waals surface area contributed by atoms with Crippen molar-refractivity contribution >= 4 is 45.5 Å². The minimum Gasteiger partial charge on any atom is -0.334 e. The minimum absolute atomic E-state index is 0.0666. The lowest BCUT2D eigenvalue weighted by Crippen LogP contribution is -2.31. The van der Waals surface area contributed by atoms with E-state index >= 15 is 0 Å². The van der Waals surface area contributed by atoms with E-state index in [1.807, 2.05) is 12.2 Å². The van der Waals surface area contributed by atoms with E-state index in [2.05, 4.69) is 254 Å². The highest BCUT2D eigenvalue weighted by atomic mass is 15.2. The van der Waals surface area contributed by atoms with Crippen LogP contribution in [0.1, 0.15) is 44.2 Å². The summed E-state index contributed by atoms with van der Waals surface area (Å²) in [5, 5.41) is 0. The first-order valence-corrected chi connectivity index (χ1v) is 21.7. The summed E-state index contributed by atoms with van der Waals surface area (Å²) in [4.78, 5) is 9.54. The summed E-state index contributed by atoms with van der Waals surface area (Å²) in [6.07, 6.45) is 22.8. The molecule has 0 N–H and O–H groups in total. The van der Waals surface area contributed by atoms with Crippen LogP contribution in [0.2, 0.25) is 0 Å². The summed E-state index contributed by atoms with van der Waals surface area (Å²) in [5.74, 6) is 0. The second-order valence-electron chi connectivity index (χ2n) is 16.0. The Hall–Kier alpha value is -7.30. The van der Waals surface area contributed by atoms with Crippen LogP contribution in [0.15, 0.2) is 242 Å². The molecule has 0 amide bonds. The Morgan fingerprint density at radius 3 is 1.65 bits per heavy atom. The zero-order chi connectivity index (χ0) is 42.8. The summed E-state index contributed by atoms with van der Waals surface area (Å²) < 4.78 is 0. The smallest absolute Gasteiger partial charge is 0.0561 e. The number of anilines is 8. The van der Waals surface area contributed by atoms with Crippen LogP contribution in [-0.2, 0) is 0 Å². The SMILES string of the molecule is C=C/C=C\C(=C/C)N(c1ccc(N(c2ccc(N(C3=CCCC(C)=C3)c3ccccc3)cc2)C2C=CC(N(c3ccccc3)c3cccc(C)c3)=CC2)cc1)c1cccc(C)c1. The van der Waals surface area contributed by atoms with Crippen molar-refractivity contribution in [2.75, 3.05) is 19.6 Å². The average Bonchev–Trinajstić information content (AvgIpc) is 3.30. The van der Waals surface area contributed by atoms with Crippen molar-refractivity contribution in [3.8, 4) is 0 Å². The predicted molar refractivity (Wildman–Crippen MR) is 266 cm³/mol. The molecule has 8 rings (SSSR count). The lowest BCUT2D eigenvalue weighted by Gasteiger charge is -2.36. The molecule has 1 unspecified atom stereocenters. The van der Waals surface area contributed by atoms with Gasteiger partial charge in [-0.15, -0.1) is 0 Å². The number of hydrogen-bond donors (Lipinski definition) is 0. The van der Waals surface area contributed by atoms with Gasteiger partial charge in [-0.3, -0.25) is 0 Å². The van der Waals surface area contributed by atoms with Crippen LogP contribution in [0.4, 0.5) is 45.5 Å². The normalized spacial score (nSPS) is 15.1. The van der Waals surface area contributed by atoms with Gasteiger partial charge in [0.25, 0.3) is 0 Å². The zero-order valence-corrected chi connectivity index (χ0v) is 36.4. The van der Waals surface area contributed by atoms with Crippen molar-refractivity contribution < 1.29 is 0 Å². The largest absolute Gasteiger partial charge is 0.334 e. The predicted octanol–water partition coefficient (Wildman–Crippen LogP) is 16.0. The molecule has 0 saturated carbocycles. The lowest BCUT2D eigenvalue weighted by molar-refractivity contribution is 0.776. The van der Waals surface area contributed by atoms with Gasteiger partial charge >= 0.3 is 0 Å². The first-order chi connectivity index (χ1) is 30.4. The van der Waals surface area contributed by atoms with Crippen LogP contribution in [-0.4, -0.2) is 6.04 Å². The lowest BCUT2D eigenvalue weighted by atomic mass is 10.0. The highest BCUT2D eigenvalue weighted by Gasteiger charge is 2.25. The van der Waals surface area contributed by atoms with Gasteiger partial charge in [-0.1, -0.05) is 109 Å². The molecular weight excluding hydrogens is 753 g/mol.